The summed E-state index contributed by atoms with van der Waals surface area (Å²) in [5.41, 5.74) is 9.63. The highest BCUT2D eigenvalue weighted by Crippen LogP contribution is 2.31. The first-order valence-corrected chi connectivity index (χ1v) is 6.83. The second kappa shape index (κ2) is 5.33. The van der Waals surface area contributed by atoms with Crippen LogP contribution in [0.4, 0.5) is 11.4 Å². The Hall–Kier alpha value is -2.36. The molecule has 0 unspecified atom stereocenters. The summed E-state index contributed by atoms with van der Waals surface area (Å²) in [7, 11) is 0. The number of carbonyl (C=O) groups is 1. The van der Waals surface area contributed by atoms with Gasteiger partial charge in [0.2, 0.25) is 5.91 Å². The predicted molar refractivity (Wildman–Crippen MR) is 79.5 cm³/mol. The highest BCUT2D eigenvalue weighted by Gasteiger charge is 2.23. The smallest absolute Gasteiger partial charge is 0.233 e. The molecular formula is C16H17N3O. The van der Waals surface area contributed by atoms with Crippen LogP contribution in [0.2, 0.25) is 0 Å². The van der Waals surface area contributed by atoms with E-state index in [2.05, 4.69) is 4.98 Å². The summed E-state index contributed by atoms with van der Waals surface area (Å²) in [6.07, 6.45) is 3.93. The lowest BCUT2D eigenvalue weighted by Gasteiger charge is -2.30. The van der Waals surface area contributed by atoms with Gasteiger partial charge in [-0.05, 0) is 42.7 Å². The average molecular weight is 267 g/mol. The normalized spacial score (nSPS) is 13.9. The Labute approximate surface area is 118 Å². The van der Waals surface area contributed by atoms with Crippen LogP contribution >= 0.6 is 0 Å². The number of hydrogen-bond donors (Lipinski definition) is 1. The second-order valence-electron chi connectivity index (χ2n) is 4.99. The quantitative estimate of drug-likeness (QED) is 0.848. The maximum absolute atomic E-state index is 12.5. The van der Waals surface area contributed by atoms with E-state index in [1.165, 1.54) is 0 Å². The van der Waals surface area contributed by atoms with E-state index in [1.54, 1.807) is 6.20 Å². The molecule has 1 aliphatic rings. The average Bonchev–Trinajstić information content (AvgIpc) is 2.48. The fourth-order valence-electron chi connectivity index (χ4n) is 2.66. The minimum Gasteiger partial charge on any atom is -0.398 e. The molecular weight excluding hydrogens is 250 g/mol. The number of nitrogens with zero attached hydrogens (tertiary/aromatic N) is 2. The van der Waals surface area contributed by atoms with Gasteiger partial charge in [-0.25, -0.2) is 0 Å². The first-order valence-electron chi connectivity index (χ1n) is 6.83. The molecule has 2 N–H and O–H groups in total. The van der Waals surface area contributed by atoms with Crippen LogP contribution in [-0.2, 0) is 17.6 Å². The van der Waals surface area contributed by atoms with Crippen LogP contribution in [-0.4, -0.2) is 17.4 Å². The lowest BCUT2D eigenvalue weighted by molar-refractivity contribution is -0.118. The van der Waals surface area contributed by atoms with Gasteiger partial charge in [0.15, 0.2) is 0 Å². The zero-order valence-electron chi connectivity index (χ0n) is 11.2. The molecule has 2 heterocycles. The van der Waals surface area contributed by atoms with Crippen molar-refractivity contribution >= 4 is 17.3 Å². The molecule has 2 aromatic rings. The number of aromatic nitrogens is 1. The molecule has 0 saturated heterocycles. The summed E-state index contributed by atoms with van der Waals surface area (Å²) in [6, 6.07) is 11.4. The third kappa shape index (κ3) is 2.37. The molecule has 1 aliphatic heterocycles. The Bertz CT molecular complexity index is 625. The van der Waals surface area contributed by atoms with Crippen LogP contribution in [0.15, 0.2) is 42.6 Å². The Morgan fingerprint density at radius 1 is 1.25 bits per heavy atom. The molecule has 4 heteroatoms. The lowest BCUT2D eigenvalue weighted by atomic mass is 9.99. The van der Waals surface area contributed by atoms with Crippen molar-refractivity contribution in [3.05, 3.63) is 53.9 Å². The van der Waals surface area contributed by atoms with Crippen molar-refractivity contribution in [2.75, 3.05) is 17.2 Å². The Kier molecular flexibility index (Phi) is 3.37. The Morgan fingerprint density at radius 3 is 2.95 bits per heavy atom. The number of anilines is 2. The summed E-state index contributed by atoms with van der Waals surface area (Å²) < 4.78 is 0. The van der Waals surface area contributed by atoms with Gasteiger partial charge in [0.25, 0.3) is 0 Å². The number of amides is 1. The van der Waals surface area contributed by atoms with Gasteiger partial charge < -0.3 is 10.6 Å². The summed E-state index contributed by atoms with van der Waals surface area (Å²) in [4.78, 5) is 18.5. The van der Waals surface area contributed by atoms with Gasteiger partial charge in [-0.15, -0.1) is 0 Å². The summed E-state index contributed by atoms with van der Waals surface area (Å²) >= 11 is 0. The van der Waals surface area contributed by atoms with Gasteiger partial charge >= 0.3 is 0 Å². The zero-order chi connectivity index (χ0) is 13.9. The number of rotatable bonds is 2. The van der Waals surface area contributed by atoms with Crippen molar-refractivity contribution in [2.24, 2.45) is 0 Å². The van der Waals surface area contributed by atoms with Gasteiger partial charge in [0, 0.05) is 29.8 Å². The van der Waals surface area contributed by atoms with Crippen LogP contribution in [0.25, 0.3) is 0 Å². The van der Waals surface area contributed by atoms with Gasteiger partial charge in [0.05, 0.1) is 6.42 Å². The fourth-order valence-corrected chi connectivity index (χ4v) is 2.66. The monoisotopic (exact) mass is 267 g/mol. The molecule has 1 amide bonds. The maximum atomic E-state index is 12.5. The van der Waals surface area contributed by atoms with Crippen LogP contribution in [0.5, 0.6) is 0 Å². The minimum atomic E-state index is 0.0789. The van der Waals surface area contributed by atoms with Crippen molar-refractivity contribution < 1.29 is 4.79 Å². The van der Waals surface area contributed by atoms with E-state index < -0.39 is 0 Å². The first kappa shape index (κ1) is 12.7. The van der Waals surface area contributed by atoms with E-state index in [0.29, 0.717) is 6.42 Å². The molecule has 1 aromatic heterocycles. The summed E-state index contributed by atoms with van der Waals surface area (Å²) in [5.74, 6) is 0.0789. The first-order chi connectivity index (χ1) is 9.75. The molecule has 4 nitrogen and oxygen atoms in total. The van der Waals surface area contributed by atoms with E-state index in [9.17, 15) is 4.79 Å². The molecule has 0 radical (unpaired) electrons. The SMILES string of the molecule is Nc1cccc2c1CCCN2C(=O)Cc1ccccn1. The molecule has 0 saturated carbocycles. The number of hydrogen-bond acceptors (Lipinski definition) is 3. The highest BCUT2D eigenvalue weighted by atomic mass is 16.2. The van der Waals surface area contributed by atoms with Crippen molar-refractivity contribution in [2.45, 2.75) is 19.3 Å². The van der Waals surface area contributed by atoms with Gasteiger partial charge in [-0.2, -0.15) is 0 Å². The Morgan fingerprint density at radius 2 is 2.15 bits per heavy atom. The third-order valence-corrected chi connectivity index (χ3v) is 3.65. The van der Waals surface area contributed by atoms with Crippen molar-refractivity contribution in [3.63, 3.8) is 0 Å². The summed E-state index contributed by atoms with van der Waals surface area (Å²) in [5, 5.41) is 0. The van der Waals surface area contributed by atoms with Gasteiger partial charge in [-0.1, -0.05) is 12.1 Å². The summed E-state index contributed by atoms with van der Waals surface area (Å²) in [6.45, 7) is 0.752. The topological polar surface area (TPSA) is 59.2 Å². The van der Waals surface area contributed by atoms with E-state index in [4.69, 9.17) is 5.73 Å². The zero-order valence-corrected chi connectivity index (χ0v) is 11.2. The molecule has 0 aliphatic carbocycles. The van der Waals surface area contributed by atoms with Gasteiger partial charge in [-0.3, -0.25) is 9.78 Å². The maximum Gasteiger partial charge on any atom is 0.233 e. The predicted octanol–water partition coefficient (Wildman–Crippen LogP) is 2.19. The van der Waals surface area contributed by atoms with Crippen LogP contribution in [0.3, 0.4) is 0 Å². The van der Waals surface area contributed by atoms with Crippen molar-refractivity contribution in [3.8, 4) is 0 Å². The standard InChI is InChI=1S/C16H17N3O/c17-14-7-3-8-15-13(14)6-4-10-19(15)16(20)11-12-5-1-2-9-18-12/h1-3,5,7-9H,4,6,10-11,17H2. The molecule has 102 valence electrons. The van der Waals surface area contributed by atoms with Gasteiger partial charge in [0.1, 0.15) is 0 Å². The number of fused-ring (bicyclic) bond motifs is 1. The fraction of sp³-hybridized carbons (Fsp3) is 0.250. The van der Waals surface area contributed by atoms with E-state index in [-0.39, 0.29) is 5.91 Å². The Balaban J connectivity index is 1.86. The van der Waals surface area contributed by atoms with Crippen LogP contribution in [0.1, 0.15) is 17.7 Å². The highest BCUT2D eigenvalue weighted by molar-refractivity contribution is 5.96. The number of pyridine rings is 1. The molecule has 3 rings (SSSR count). The minimum absolute atomic E-state index is 0.0789. The van der Waals surface area contributed by atoms with E-state index in [0.717, 1.165) is 42.0 Å². The number of nitrogen functional groups attached to an aromatic ring is 1. The number of carbonyl (C=O) groups excluding carboxylic acids is 1. The molecule has 0 spiro atoms. The van der Waals surface area contributed by atoms with E-state index >= 15 is 0 Å². The molecule has 0 atom stereocenters. The molecule has 1 aromatic carbocycles. The van der Waals surface area contributed by atoms with E-state index in [1.807, 2.05) is 41.3 Å². The molecule has 0 fully saturated rings. The van der Waals surface area contributed by atoms with Crippen LogP contribution in [0, 0.1) is 0 Å². The number of benzene rings is 1. The third-order valence-electron chi connectivity index (χ3n) is 3.65. The van der Waals surface area contributed by atoms with Crippen molar-refractivity contribution in [1.29, 1.82) is 0 Å². The van der Waals surface area contributed by atoms with Crippen molar-refractivity contribution in [1.82, 2.24) is 4.98 Å². The second-order valence-corrected chi connectivity index (χ2v) is 4.99. The largest absolute Gasteiger partial charge is 0.398 e. The van der Waals surface area contributed by atoms with Crippen LogP contribution < -0.4 is 10.6 Å². The number of nitrogens with two attached hydrogens (primary N) is 1. The molecule has 20 heavy (non-hydrogen) atoms. The molecule has 0 bridgehead atoms. The lowest BCUT2D eigenvalue weighted by Crippen LogP contribution is -2.36.